The summed E-state index contributed by atoms with van der Waals surface area (Å²) in [6.07, 6.45) is 0.0617. The minimum atomic E-state index is -0.726. The number of carbonyl (C=O) groups is 4. The van der Waals surface area contributed by atoms with E-state index < -0.39 is 23.7 Å². The molecular formula is C20H16Cl2N2O5S. The number of amides is 3. The van der Waals surface area contributed by atoms with E-state index in [4.69, 9.17) is 27.9 Å². The summed E-state index contributed by atoms with van der Waals surface area (Å²) in [7, 11) is 1.43. The van der Waals surface area contributed by atoms with E-state index in [0.717, 1.165) is 16.7 Å². The van der Waals surface area contributed by atoms with Gasteiger partial charge in [-0.1, -0.05) is 41.4 Å². The summed E-state index contributed by atoms with van der Waals surface area (Å²) in [6.45, 7) is -0.537. The maximum atomic E-state index is 12.5. The van der Waals surface area contributed by atoms with Crippen LogP contribution in [0, 0.1) is 0 Å². The zero-order valence-corrected chi connectivity index (χ0v) is 18.0. The Morgan fingerprint density at radius 1 is 1.17 bits per heavy atom. The van der Waals surface area contributed by atoms with Crippen LogP contribution in [0.2, 0.25) is 10.0 Å². The zero-order chi connectivity index (χ0) is 21.8. The molecule has 156 valence electrons. The fraction of sp³-hybridized carbons (Fsp3) is 0.200. The molecule has 1 N–H and O–H groups in total. The van der Waals surface area contributed by atoms with E-state index in [0.29, 0.717) is 10.6 Å². The third kappa shape index (κ3) is 4.95. The summed E-state index contributed by atoms with van der Waals surface area (Å²) >= 11 is 13.0. The van der Waals surface area contributed by atoms with Gasteiger partial charge in [-0.15, -0.1) is 11.8 Å². The fourth-order valence-electron chi connectivity index (χ4n) is 2.70. The van der Waals surface area contributed by atoms with E-state index in [1.165, 1.54) is 13.1 Å². The summed E-state index contributed by atoms with van der Waals surface area (Å²) in [6, 6.07) is 11.3. The van der Waals surface area contributed by atoms with Gasteiger partial charge in [0.05, 0.1) is 26.5 Å². The van der Waals surface area contributed by atoms with Crippen molar-refractivity contribution in [3.8, 4) is 0 Å². The summed E-state index contributed by atoms with van der Waals surface area (Å²) in [5.74, 6) is -1.90. The number of hydrogen-bond donors (Lipinski definition) is 1. The van der Waals surface area contributed by atoms with Crippen molar-refractivity contribution in [3.63, 3.8) is 0 Å². The molecule has 1 fully saturated rings. The number of halogens is 2. The minimum Gasteiger partial charge on any atom is -0.452 e. The van der Waals surface area contributed by atoms with Gasteiger partial charge in [0, 0.05) is 18.4 Å². The van der Waals surface area contributed by atoms with Crippen LogP contribution in [0.25, 0.3) is 0 Å². The number of likely N-dealkylation sites (tertiary alicyclic amines) is 1. The summed E-state index contributed by atoms with van der Waals surface area (Å²) < 4.78 is 5.10. The number of hydrogen-bond acceptors (Lipinski definition) is 6. The predicted octanol–water partition coefficient (Wildman–Crippen LogP) is 3.64. The number of imide groups is 1. The number of benzene rings is 2. The fourth-order valence-corrected chi connectivity index (χ4v) is 4.28. The van der Waals surface area contributed by atoms with Crippen LogP contribution < -0.4 is 5.32 Å². The number of carbonyl (C=O) groups excluding carboxylic acids is 4. The van der Waals surface area contributed by atoms with Gasteiger partial charge in [0.1, 0.15) is 0 Å². The highest BCUT2D eigenvalue weighted by molar-refractivity contribution is 8.00. The van der Waals surface area contributed by atoms with Crippen LogP contribution in [0.4, 0.5) is 5.69 Å². The molecule has 1 aliphatic rings. The second kappa shape index (κ2) is 9.51. The molecule has 0 aromatic heterocycles. The van der Waals surface area contributed by atoms with Crippen LogP contribution in [0.5, 0.6) is 0 Å². The first-order valence-corrected chi connectivity index (χ1v) is 10.4. The van der Waals surface area contributed by atoms with E-state index in [2.05, 4.69) is 5.32 Å². The summed E-state index contributed by atoms with van der Waals surface area (Å²) in [5, 5.41) is 2.38. The van der Waals surface area contributed by atoms with Crippen molar-refractivity contribution >= 4 is 64.3 Å². The van der Waals surface area contributed by atoms with E-state index in [-0.39, 0.29) is 33.8 Å². The lowest BCUT2D eigenvalue weighted by atomic mass is 10.2. The molecule has 0 radical (unpaired) electrons. The number of nitrogens with one attached hydrogen (secondary N) is 1. The van der Waals surface area contributed by atoms with E-state index in [9.17, 15) is 19.2 Å². The summed E-state index contributed by atoms with van der Waals surface area (Å²) in [4.78, 5) is 50.0. The van der Waals surface area contributed by atoms with E-state index >= 15 is 0 Å². The normalized spacial score (nSPS) is 16.0. The Bertz CT molecular complexity index is 1030. The predicted molar refractivity (Wildman–Crippen MR) is 114 cm³/mol. The molecule has 0 bridgehead atoms. The van der Waals surface area contributed by atoms with Gasteiger partial charge in [0.15, 0.2) is 6.61 Å². The van der Waals surface area contributed by atoms with Crippen LogP contribution in [-0.2, 0) is 19.1 Å². The van der Waals surface area contributed by atoms with Crippen LogP contribution >= 0.6 is 35.0 Å². The third-order valence-corrected chi connectivity index (χ3v) is 6.36. The van der Waals surface area contributed by atoms with Crippen molar-refractivity contribution < 1.29 is 23.9 Å². The Labute approximate surface area is 186 Å². The lowest BCUT2D eigenvalue weighted by molar-refractivity contribution is -0.136. The molecule has 0 saturated carbocycles. The molecule has 2 aromatic rings. The topological polar surface area (TPSA) is 92.8 Å². The van der Waals surface area contributed by atoms with Crippen molar-refractivity contribution in [2.24, 2.45) is 0 Å². The van der Waals surface area contributed by atoms with Gasteiger partial charge in [-0.25, -0.2) is 4.79 Å². The number of thioether (sulfide) groups is 1. The van der Waals surface area contributed by atoms with Crippen molar-refractivity contribution in [1.82, 2.24) is 4.90 Å². The SMILES string of the molecule is CN1C(=O)CC(Sc2ccccc2C(=O)OCC(=O)Nc2cccc(Cl)c2Cl)C1=O. The highest BCUT2D eigenvalue weighted by Gasteiger charge is 2.37. The van der Waals surface area contributed by atoms with Crippen LogP contribution in [-0.4, -0.2) is 47.5 Å². The Kier molecular flexibility index (Phi) is 7.02. The maximum Gasteiger partial charge on any atom is 0.339 e. The number of esters is 1. The highest BCUT2D eigenvalue weighted by Crippen LogP contribution is 2.33. The smallest absolute Gasteiger partial charge is 0.339 e. The zero-order valence-electron chi connectivity index (χ0n) is 15.7. The van der Waals surface area contributed by atoms with E-state index in [1.807, 2.05) is 0 Å². The third-order valence-electron chi connectivity index (χ3n) is 4.28. The van der Waals surface area contributed by atoms with Gasteiger partial charge in [-0.2, -0.15) is 0 Å². The molecule has 1 unspecified atom stereocenters. The molecule has 1 heterocycles. The molecule has 1 saturated heterocycles. The molecule has 0 spiro atoms. The maximum absolute atomic E-state index is 12.5. The average Bonchev–Trinajstić information content (AvgIpc) is 2.96. The molecule has 10 heteroatoms. The van der Waals surface area contributed by atoms with Gasteiger partial charge >= 0.3 is 5.97 Å². The van der Waals surface area contributed by atoms with Crippen molar-refractivity contribution in [2.75, 3.05) is 19.0 Å². The second-order valence-corrected chi connectivity index (χ2v) is 8.35. The molecule has 30 heavy (non-hydrogen) atoms. The van der Waals surface area contributed by atoms with Gasteiger partial charge < -0.3 is 10.1 Å². The Balaban J connectivity index is 1.63. The molecule has 3 amide bonds. The largest absolute Gasteiger partial charge is 0.452 e. The van der Waals surface area contributed by atoms with Gasteiger partial charge in [0.2, 0.25) is 11.8 Å². The molecule has 1 atom stereocenters. The van der Waals surface area contributed by atoms with Gasteiger partial charge in [-0.3, -0.25) is 19.3 Å². The summed E-state index contributed by atoms with van der Waals surface area (Å²) in [5.41, 5.74) is 0.501. The molecular weight excluding hydrogens is 451 g/mol. The molecule has 0 aliphatic carbocycles. The number of anilines is 1. The standard InChI is InChI=1S/C20H16Cl2N2O5S/c1-24-17(26)9-15(19(24)27)30-14-8-3-2-5-11(14)20(28)29-10-16(25)23-13-7-4-6-12(21)18(13)22/h2-8,15H,9-10H2,1H3,(H,23,25). The first-order valence-electron chi connectivity index (χ1n) is 8.75. The lowest BCUT2D eigenvalue weighted by Gasteiger charge is -2.12. The molecule has 3 rings (SSSR count). The van der Waals surface area contributed by atoms with Gasteiger partial charge in [0.25, 0.3) is 5.91 Å². The first-order chi connectivity index (χ1) is 14.3. The minimum absolute atomic E-state index is 0.0617. The van der Waals surface area contributed by atoms with Gasteiger partial charge in [-0.05, 0) is 24.3 Å². The van der Waals surface area contributed by atoms with Crippen molar-refractivity contribution in [2.45, 2.75) is 16.6 Å². The Morgan fingerprint density at radius 3 is 2.60 bits per heavy atom. The highest BCUT2D eigenvalue weighted by atomic mass is 35.5. The molecule has 7 nitrogen and oxygen atoms in total. The monoisotopic (exact) mass is 466 g/mol. The Morgan fingerprint density at radius 2 is 1.90 bits per heavy atom. The number of nitrogens with zero attached hydrogens (tertiary/aromatic N) is 1. The molecule has 1 aliphatic heterocycles. The quantitative estimate of drug-likeness (QED) is 0.515. The second-order valence-electron chi connectivity index (χ2n) is 6.32. The number of rotatable bonds is 6. The number of ether oxygens (including phenoxy) is 1. The van der Waals surface area contributed by atoms with Crippen molar-refractivity contribution in [3.05, 3.63) is 58.1 Å². The lowest BCUT2D eigenvalue weighted by Crippen LogP contribution is -2.26. The van der Waals surface area contributed by atoms with Crippen LogP contribution in [0.3, 0.4) is 0 Å². The Hall–Kier alpha value is -2.55. The van der Waals surface area contributed by atoms with Crippen molar-refractivity contribution in [1.29, 1.82) is 0 Å². The average molecular weight is 467 g/mol. The van der Waals surface area contributed by atoms with Crippen LogP contribution in [0.1, 0.15) is 16.8 Å². The van der Waals surface area contributed by atoms with E-state index in [1.54, 1.807) is 36.4 Å². The molecule has 2 aromatic carbocycles. The van der Waals surface area contributed by atoms with Crippen LogP contribution in [0.15, 0.2) is 47.4 Å². The first kappa shape index (κ1) is 22.1.